The zero-order chi connectivity index (χ0) is 18.1. The molecule has 0 atom stereocenters. The Morgan fingerprint density at radius 3 is 2.21 bits per heavy atom. The van der Waals surface area contributed by atoms with E-state index in [0.717, 1.165) is 18.4 Å². The number of hydrogen-bond acceptors (Lipinski definition) is 4. The number of ketones is 2. The molecule has 0 aliphatic carbocycles. The van der Waals surface area contributed by atoms with E-state index < -0.39 is 33.0 Å². The molecule has 5 nitrogen and oxygen atoms in total. The zero-order valence-corrected chi connectivity index (χ0v) is 13.6. The van der Waals surface area contributed by atoms with Crippen LogP contribution in [-0.4, -0.2) is 26.2 Å². The molecule has 0 amide bonds. The monoisotopic (exact) mass is 353 g/mol. The largest absolute Gasteiger partial charge is 0.295 e. The van der Waals surface area contributed by atoms with E-state index in [9.17, 15) is 26.8 Å². The number of sulfonamides is 1. The van der Waals surface area contributed by atoms with E-state index in [1.54, 1.807) is 0 Å². The number of rotatable bonds is 5. The Morgan fingerprint density at radius 1 is 1.00 bits per heavy atom. The number of anilines is 1. The molecule has 24 heavy (non-hydrogen) atoms. The fourth-order valence-electron chi connectivity index (χ4n) is 2.06. The van der Waals surface area contributed by atoms with Gasteiger partial charge in [-0.25, -0.2) is 17.2 Å². The van der Waals surface area contributed by atoms with Gasteiger partial charge in [-0.2, -0.15) is 0 Å². The molecule has 0 radical (unpaired) electrons. The van der Waals surface area contributed by atoms with Crippen LogP contribution in [0.25, 0.3) is 0 Å². The summed E-state index contributed by atoms with van der Waals surface area (Å²) < 4.78 is 51.8. The smallest absolute Gasteiger partial charge is 0.229 e. The van der Waals surface area contributed by atoms with Crippen LogP contribution in [0.2, 0.25) is 0 Å². The van der Waals surface area contributed by atoms with Gasteiger partial charge in [0.1, 0.15) is 11.6 Å². The van der Waals surface area contributed by atoms with Gasteiger partial charge in [-0.05, 0) is 37.3 Å². The minimum atomic E-state index is -3.71. The van der Waals surface area contributed by atoms with E-state index in [-0.39, 0.29) is 22.6 Å². The highest BCUT2D eigenvalue weighted by atomic mass is 32.2. The minimum absolute atomic E-state index is 0.101. The van der Waals surface area contributed by atoms with Gasteiger partial charge in [-0.3, -0.25) is 14.3 Å². The molecule has 0 bridgehead atoms. The van der Waals surface area contributed by atoms with Crippen LogP contribution >= 0.6 is 0 Å². The van der Waals surface area contributed by atoms with Crippen LogP contribution in [0, 0.1) is 11.6 Å². The van der Waals surface area contributed by atoms with Gasteiger partial charge in [-0.1, -0.05) is 0 Å². The molecule has 0 aliphatic heterocycles. The van der Waals surface area contributed by atoms with Crippen molar-refractivity contribution in [3.8, 4) is 0 Å². The first-order chi connectivity index (χ1) is 11.1. The third-order valence-electron chi connectivity index (χ3n) is 3.14. The normalized spacial score (nSPS) is 11.2. The quantitative estimate of drug-likeness (QED) is 0.838. The maximum atomic E-state index is 13.8. The first-order valence-electron chi connectivity index (χ1n) is 6.71. The molecular weight excluding hydrogens is 340 g/mol. The van der Waals surface area contributed by atoms with E-state index in [0.29, 0.717) is 6.07 Å². The lowest BCUT2D eigenvalue weighted by Gasteiger charge is -2.12. The maximum absolute atomic E-state index is 13.8. The van der Waals surface area contributed by atoms with E-state index in [2.05, 4.69) is 4.72 Å². The minimum Gasteiger partial charge on any atom is -0.295 e. The molecule has 1 N–H and O–H groups in total. The fraction of sp³-hybridized carbons (Fsp3) is 0.125. The molecule has 0 spiro atoms. The zero-order valence-electron chi connectivity index (χ0n) is 12.8. The summed E-state index contributed by atoms with van der Waals surface area (Å²) in [5.74, 6) is -3.16. The molecule has 2 aromatic rings. The Labute approximate surface area is 137 Å². The van der Waals surface area contributed by atoms with Gasteiger partial charge in [0.05, 0.1) is 17.5 Å². The molecule has 2 rings (SSSR count). The number of carbonyl (C=O) groups excluding carboxylic acids is 2. The summed E-state index contributed by atoms with van der Waals surface area (Å²) in [5.41, 5.74) is -0.594. The predicted octanol–water partition coefficient (Wildman–Crippen LogP) is 2.77. The van der Waals surface area contributed by atoms with Crippen LogP contribution in [0.5, 0.6) is 0 Å². The molecule has 0 fully saturated rings. The fourth-order valence-corrected chi connectivity index (χ4v) is 2.64. The second kappa shape index (κ2) is 6.48. The molecule has 0 aliphatic rings. The highest BCUT2D eigenvalue weighted by molar-refractivity contribution is 7.92. The van der Waals surface area contributed by atoms with E-state index in [1.165, 1.54) is 25.1 Å². The van der Waals surface area contributed by atoms with Gasteiger partial charge in [0.2, 0.25) is 10.0 Å². The lowest BCUT2D eigenvalue weighted by atomic mass is 9.98. The van der Waals surface area contributed by atoms with Crippen molar-refractivity contribution in [1.82, 2.24) is 0 Å². The molecule has 8 heteroatoms. The Balaban J connectivity index is 2.62. The van der Waals surface area contributed by atoms with Gasteiger partial charge in [0.15, 0.2) is 11.6 Å². The van der Waals surface area contributed by atoms with Crippen molar-refractivity contribution in [3.05, 3.63) is 64.7 Å². The van der Waals surface area contributed by atoms with Gasteiger partial charge in [-0.15, -0.1) is 0 Å². The highest BCUT2D eigenvalue weighted by Crippen LogP contribution is 2.24. The summed E-state index contributed by atoms with van der Waals surface area (Å²) in [7, 11) is -3.71. The van der Waals surface area contributed by atoms with Gasteiger partial charge < -0.3 is 0 Å². The van der Waals surface area contributed by atoms with Gasteiger partial charge in [0, 0.05) is 17.2 Å². The van der Waals surface area contributed by atoms with Crippen molar-refractivity contribution in [1.29, 1.82) is 0 Å². The first kappa shape index (κ1) is 17.7. The van der Waals surface area contributed by atoms with Crippen molar-refractivity contribution in [2.24, 2.45) is 0 Å². The maximum Gasteiger partial charge on any atom is 0.229 e. The third kappa shape index (κ3) is 4.02. The summed E-state index contributed by atoms with van der Waals surface area (Å²) in [6, 6.07) is 6.17. The SMILES string of the molecule is CC(=O)c1ccc(NS(C)(=O)=O)c(C(=O)c2ccc(F)cc2F)c1. The van der Waals surface area contributed by atoms with E-state index >= 15 is 0 Å². The number of nitrogens with one attached hydrogen (secondary N) is 1. The standard InChI is InChI=1S/C16H13F2NO4S/c1-9(20)10-3-6-15(19-24(2,22)23)13(7-10)16(21)12-5-4-11(17)8-14(12)18/h3-8,19H,1-2H3. The predicted molar refractivity (Wildman–Crippen MR) is 84.7 cm³/mol. The lowest BCUT2D eigenvalue weighted by molar-refractivity contribution is 0.101. The topological polar surface area (TPSA) is 80.3 Å². The first-order valence-corrected chi connectivity index (χ1v) is 8.60. The number of halogens is 2. The van der Waals surface area contributed by atoms with Crippen molar-refractivity contribution in [2.45, 2.75) is 6.92 Å². The van der Waals surface area contributed by atoms with Crippen molar-refractivity contribution in [2.75, 3.05) is 11.0 Å². The summed E-state index contributed by atoms with van der Waals surface area (Å²) in [6.45, 7) is 1.27. The summed E-state index contributed by atoms with van der Waals surface area (Å²) in [5, 5.41) is 0. The Morgan fingerprint density at radius 2 is 1.67 bits per heavy atom. The van der Waals surface area contributed by atoms with E-state index in [1.807, 2.05) is 0 Å². The highest BCUT2D eigenvalue weighted by Gasteiger charge is 2.20. The number of Topliss-reactive ketones (excluding diaryl/α,β-unsaturated/α-hetero) is 1. The second-order valence-electron chi connectivity index (χ2n) is 5.14. The molecule has 0 saturated heterocycles. The van der Waals surface area contributed by atoms with Gasteiger partial charge >= 0.3 is 0 Å². The molecule has 0 saturated carbocycles. The Hall–Kier alpha value is -2.61. The summed E-state index contributed by atoms with van der Waals surface area (Å²) in [4.78, 5) is 24.0. The van der Waals surface area contributed by atoms with Crippen LogP contribution in [0.15, 0.2) is 36.4 Å². The summed E-state index contributed by atoms with van der Waals surface area (Å²) in [6.07, 6.45) is 0.888. The molecule has 126 valence electrons. The lowest BCUT2D eigenvalue weighted by Crippen LogP contribution is -2.15. The Bertz CT molecular complexity index is 939. The average molecular weight is 353 g/mol. The third-order valence-corrected chi connectivity index (χ3v) is 3.73. The number of hydrogen-bond donors (Lipinski definition) is 1. The summed E-state index contributed by atoms with van der Waals surface area (Å²) >= 11 is 0. The van der Waals surface area contributed by atoms with Crippen LogP contribution in [0.4, 0.5) is 14.5 Å². The molecule has 0 aromatic heterocycles. The van der Waals surface area contributed by atoms with Crippen LogP contribution in [0.3, 0.4) is 0 Å². The van der Waals surface area contributed by atoms with Crippen molar-refractivity contribution >= 4 is 27.3 Å². The van der Waals surface area contributed by atoms with Crippen molar-refractivity contribution in [3.63, 3.8) is 0 Å². The van der Waals surface area contributed by atoms with Crippen LogP contribution in [0.1, 0.15) is 33.2 Å². The molecule has 2 aromatic carbocycles. The molecular formula is C16H13F2NO4S. The molecule has 0 heterocycles. The van der Waals surface area contributed by atoms with Crippen LogP contribution < -0.4 is 4.72 Å². The van der Waals surface area contributed by atoms with Crippen LogP contribution in [-0.2, 0) is 10.0 Å². The van der Waals surface area contributed by atoms with E-state index in [4.69, 9.17) is 0 Å². The second-order valence-corrected chi connectivity index (χ2v) is 6.89. The van der Waals surface area contributed by atoms with Crippen molar-refractivity contribution < 1.29 is 26.8 Å². The number of carbonyl (C=O) groups is 2. The van der Waals surface area contributed by atoms with Gasteiger partial charge in [0.25, 0.3) is 0 Å². The Kier molecular flexibility index (Phi) is 4.79. The average Bonchev–Trinajstić information content (AvgIpc) is 2.45. The molecule has 0 unspecified atom stereocenters. The number of benzene rings is 2.